The highest BCUT2D eigenvalue weighted by Crippen LogP contribution is 2.24. The molecular formula is C21H26ClN3O. The molecule has 0 radical (unpaired) electrons. The first-order valence-corrected chi connectivity index (χ1v) is 9.05. The minimum absolute atomic E-state index is 0.0873. The van der Waals surface area contributed by atoms with Crippen molar-refractivity contribution in [3.63, 3.8) is 0 Å². The number of anilines is 1. The largest absolute Gasteiger partial charge is 0.367 e. The molecular weight excluding hydrogens is 346 g/mol. The third-order valence-electron chi connectivity index (χ3n) is 4.38. The quantitative estimate of drug-likeness (QED) is 0.395. The molecule has 2 aromatic rings. The average molecular weight is 372 g/mol. The Balaban J connectivity index is 2.17. The van der Waals surface area contributed by atoms with E-state index in [0.717, 1.165) is 34.6 Å². The number of benzene rings is 2. The molecule has 0 saturated heterocycles. The van der Waals surface area contributed by atoms with E-state index in [1.165, 1.54) is 0 Å². The van der Waals surface area contributed by atoms with Crippen LogP contribution >= 0.6 is 11.6 Å². The van der Waals surface area contributed by atoms with E-state index in [4.69, 9.17) is 11.6 Å². The summed E-state index contributed by atoms with van der Waals surface area (Å²) in [7, 11) is 3.89. The van der Waals surface area contributed by atoms with Gasteiger partial charge < -0.3 is 9.80 Å². The van der Waals surface area contributed by atoms with Crippen LogP contribution in [-0.2, 0) is 0 Å². The molecule has 0 aliphatic carbocycles. The molecule has 0 aromatic heterocycles. The molecule has 0 amide bonds. The second-order valence-electron chi connectivity index (χ2n) is 6.53. The van der Waals surface area contributed by atoms with Gasteiger partial charge in [-0.05, 0) is 68.3 Å². The Morgan fingerprint density at radius 1 is 1.12 bits per heavy atom. The van der Waals surface area contributed by atoms with E-state index < -0.39 is 0 Å². The molecule has 0 heterocycles. The van der Waals surface area contributed by atoms with E-state index in [0.29, 0.717) is 11.6 Å². The molecule has 0 saturated carbocycles. The number of ketones is 1. The fourth-order valence-electron chi connectivity index (χ4n) is 2.57. The van der Waals surface area contributed by atoms with Gasteiger partial charge in [0.15, 0.2) is 5.78 Å². The molecule has 2 rings (SSSR count). The van der Waals surface area contributed by atoms with Crippen molar-refractivity contribution in [2.24, 2.45) is 4.99 Å². The molecule has 0 N–H and O–H groups in total. The Bertz CT molecular complexity index is 800. The summed E-state index contributed by atoms with van der Waals surface area (Å²) in [5.74, 6) is 0.0873. The van der Waals surface area contributed by atoms with E-state index >= 15 is 0 Å². The number of Topliss-reactive ketones (excluding diaryl/α,β-unsaturated/α-hetero) is 1. The zero-order chi connectivity index (χ0) is 19.3. The van der Waals surface area contributed by atoms with Gasteiger partial charge in [0, 0.05) is 36.9 Å². The summed E-state index contributed by atoms with van der Waals surface area (Å²) in [5.41, 5.74) is 4.53. The second kappa shape index (κ2) is 8.86. The first-order valence-electron chi connectivity index (χ1n) is 8.67. The van der Waals surface area contributed by atoms with E-state index in [1.54, 1.807) is 0 Å². The molecule has 0 atom stereocenters. The lowest BCUT2D eigenvalue weighted by Gasteiger charge is -2.19. The number of hydrogen-bond acceptors (Lipinski definition) is 3. The maximum Gasteiger partial charge on any atom is 0.182 e. The highest BCUT2D eigenvalue weighted by Gasteiger charge is 2.14. The molecule has 2 aromatic carbocycles. The van der Waals surface area contributed by atoms with Gasteiger partial charge in [0.2, 0.25) is 0 Å². The molecule has 0 aliphatic heterocycles. The van der Waals surface area contributed by atoms with Crippen molar-refractivity contribution in [2.75, 3.05) is 32.1 Å². The fourth-order valence-corrected chi connectivity index (χ4v) is 2.70. The summed E-state index contributed by atoms with van der Waals surface area (Å²) in [4.78, 5) is 21.2. The molecule has 0 bridgehead atoms. The maximum atomic E-state index is 12.8. The van der Waals surface area contributed by atoms with Crippen LogP contribution in [0, 0.1) is 13.8 Å². The van der Waals surface area contributed by atoms with Gasteiger partial charge in [-0.25, -0.2) is 4.99 Å². The number of aryl methyl sites for hydroxylation is 2. The number of nitrogens with zero attached hydrogens (tertiary/aromatic N) is 3. The minimum atomic E-state index is 0.0873. The number of rotatable bonds is 7. The van der Waals surface area contributed by atoms with Crippen molar-refractivity contribution in [3.8, 4) is 0 Å². The normalized spacial score (nSPS) is 11.0. The van der Waals surface area contributed by atoms with Gasteiger partial charge in [-0.3, -0.25) is 4.79 Å². The average Bonchev–Trinajstić information content (AvgIpc) is 2.62. The molecule has 0 spiro atoms. The summed E-state index contributed by atoms with van der Waals surface area (Å²) >= 11 is 5.93. The highest BCUT2D eigenvalue weighted by molar-refractivity contribution is 6.30. The molecule has 0 aliphatic rings. The van der Waals surface area contributed by atoms with Crippen molar-refractivity contribution in [3.05, 3.63) is 58.1 Å². The number of halogens is 1. The van der Waals surface area contributed by atoms with Crippen LogP contribution in [0.1, 0.15) is 28.4 Å². The van der Waals surface area contributed by atoms with Crippen molar-refractivity contribution >= 4 is 35.1 Å². The van der Waals surface area contributed by atoms with Crippen LogP contribution in [0.2, 0.25) is 5.02 Å². The van der Waals surface area contributed by atoms with Crippen LogP contribution in [0.4, 0.5) is 11.4 Å². The Hall–Kier alpha value is -2.33. The summed E-state index contributed by atoms with van der Waals surface area (Å²) in [6.07, 6.45) is 1.82. The highest BCUT2D eigenvalue weighted by atomic mass is 35.5. The summed E-state index contributed by atoms with van der Waals surface area (Å²) < 4.78 is 0. The molecule has 4 nitrogen and oxygen atoms in total. The Morgan fingerprint density at radius 3 is 2.38 bits per heavy atom. The molecule has 26 heavy (non-hydrogen) atoms. The van der Waals surface area contributed by atoms with Crippen LogP contribution in [0.15, 0.2) is 41.4 Å². The van der Waals surface area contributed by atoms with Gasteiger partial charge in [-0.1, -0.05) is 11.6 Å². The summed E-state index contributed by atoms with van der Waals surface area (Å²) in [5, 5.41) is 0.685. The van der Waals surface area contributed by atoms with Gasteiger partial charge in [0.05, 0.1) is 18.6 Å². The van der Waals surface area contributed by atoms with Gasteiger partial charge in [0.25, 0.3) is 0 Å². The third-order valence-corrected chi connectivity index (χ3v) is 4.64. The summed E-state index contributed by atoms with van der Waals surface area (Å²) in [6, 6.07) is 11.4. The van der Waals surface area contributed by atoms with Crippen LogP contribution in [0.25, 0.3) is 0 Å². The van der Waals surface area contributed by atoms with E-state index in [2.05, 4.69) is 11.9 Å². The Kier molecular flexibility index (Phi) is 6.81. The topological polar surface area (TPSA) is 35.9 Å². The molecule has 138 valence electrons. The minimum Gasteiger partial charge on any atom is -0.367 e. The Morgan fingerprint density at radius 2 is 1.77 bits per heavy atom. The van der Waals surface area contributed by atoms with E-state index in [9.17, 15) is 4.79 Å². The Labute approximate surface area is 161 Å². The van der Waals surface area contributed by atoms with Crippen molar-refractivity contribution in [1.29, 1.82) is 0 Å². The van der Waals surface area contributed by atoms with Gasteiger partial charge in [0.1, 0.15) is 0 Å². The number of aliphatic imine (C=N–C) groups is 1. The smallest absolute Gasteiger partial charge is 0.182 e. The van der Waals surface area contributed by atoms with Gasteiger partial charge in [-0.2, -0.15) is 0 Å². The van der Waals surface area contributed by atoms with Crippen molar-refractivity contribution in [1.82, 2.24) is 4.90 Å². The second-order valence-corrected chi connectivity index (χ2v) is 6.96. The van der Waals surface area contributed by atoms with Gasteiger partial charge >= 0.3 is 0 Å². The lowest BCUT2D eigenvalue weighted by Crippen LogP contribution is -2.26. The number of carbonyl (C=O) groups excluding carboxylic acids is 1. The van der Waals surface area contributed by atoms with E-state index in [1.807, 2.05) is 80.5 Å². The van der Waals surface area contributed by atoms with Crippen LogP contribution in [0.5, 0.6) is 0 Å². The maximum absolute atomic E-state index is 12.8. The number of carbonyl (C=O) groups is 1. The first kappa shape index (κ1) is 20.0. The molecule has 0 unspecified atom stereocenters. The lowest BCUT2D eigenvalue weighted by atomic mass is 10.00. The van der Waals surface area contributed by atoms with Crippen molar-refractivity contribution < 1.29 is 4.79 Å². The molecule has 5 heteroatoms. The predicted octanol–water partition coefficient (Wildman–Crippen LogP) is 4.89. The molecule has 0 fully saturated rings. The van der Waals surface area contributed by atoms with Crippen LogP contribution in [0.3, 0.4) is 0 Å². The number of hydrogen-bond donors (Lipinski definition) is 0. The lowest BCUT2D eigenvalue weighted by molar-refractivity contribution is 0.0999. The standard InChI is InChI=1S/C21H26ClN3O/c1-6-24(4)14-23-20-12-15(2)19(11-16(20)3)21(26)13-25(5)18-9-7-17(22)8-10-18/h7-12,14H,6,13H2,1-5H3/b23-14-. The summed E-state index contributed by atoms with van der Waals surface area (Å²) in [6.45, 7) is 7.22. The van der Waals surface area contributed by atoms with Crippen LogP contribution < -0.4 is 4.90 Å². The van der Waals surface area contributed by atoms with Crippen molar-refractivity contribution in [2.45, 2.75) is 20.8 Å². The van der Waals surface area contributed by atoms with Gasteiger partial charge in [-0.15, -0.1) is 0 Å². The predicted molar refractivity (Wildman–Crippen MR) is 111 cm³/mol. The van der Waals surface area contributed by atoms with Crippen LogP contribution in [-0.4, -0.2) is 44.2 Å². The number of likely N-dealkylation sites (N-methyl/N-ethyl adjacent to an activating group) is 1. The first-order chi connectivity index (χ1) is 12.3. The third kappa shape index (κ3) is 5.09. The zero-order valence-corrected chi connectivity index (χ0v) is 16.8. The zero-order valence-electron chi connectivity index (χ0n) is 16.1. The monoisotopic (exact) mass is 371 g/mol. The fraction of sp³-hybridized carbons (Fsp3) is 0.333. The SMILES string of the molecule is CCN(C)/C=N\c1cc(C)c(C(=O)CN(C)c2ccc(Cl)cc2)cc1C. The van der Waals surface area contributed by atoms with E-state index in [-0.39, 0.29) is 5.78 Å².